The lowest BCUT2D eigenvalue weighted by Gasteiger charge is -2.36. The Balaban J connectivity index is 1.39. The Labute approximate surface area is 148 Å². The molecule has 2 aliphatic heterocycles. The molecule has 5 nitrogen and oxygen atoms in total. The summed E-state index contributed by atoms with van der Waals surface area (Å²) in [5.41, 5.74) is 0. The van der Waals surface area contributed by atoms with Crippen molar-refractivity contribution < 1.29 is 19.0 Å². The topological polar surface area (TPSA) is 55.1 Å². The van der Waals surface area contributed by atoms with Crippen LogP contribution >= 0.6 is 0 Å². The lowest BCUT2D eigenvalue weighted by Crippen LogP contribution is -2.45. The second-order valence-corrected chi connectivity index (χ2v) is 6.91. The van der Waals surface area contributed by atoms with Crippen LogP contribution in [0.1, 0.15) is 25.0 Å². The number of likely N-dealkylation sites (tertiary alicyclic amines) is 1. The summed E-state index contributed by atoms with van der Waals surface area (Å²) in [4.78, 5) is 2.41. The monoisotopic (exact) mass is 343 g/mol. The van der Waals surface area contributed by atoms with E-state index in [-0.39, 0.29) is 12.0 Å². The number of ether oxygens (including phenoxy) is 2. The summed E-state index contributed by atoms with van der Waals surface area (Å²) >= 11 is 0. The zero-order valence-corrected chi connectivity index (χ0v) is 14.3. The third kappa shape index (κ3) is 3.89. The summed E-state index contributed by atoms with van der Waals surface area (Å²) in [5, 5.41) is 10.3. The van der Waals surface area contributed by atoms with E-state index < -0.39 is 0 Å². The number of nitrogens with zero attached hydrogens (tertiary/aromatic N) is 1. The van der Waals surface area contributed by atoms with Crippen molar-refractivity contribution in [3.63, 3.8) is 0 Å². The minimum absolute atomic E-state index is 0.200. The predicted octanol–water partition coefficient (Wildman–Crippen LogP) is 3.43. The molecule has 2 fully saturated rings. The molecule has 1 aromatic heterocycles. The van der Waals surface area contributed by atoms with E-state index in [4.69, 9.17) is 13.9 Å². The third-order valence-corrected chi connectivity index (χ3v) is 5.23. The Morgan fingerprint density at radius 2 is 2.00 bits per heavy atom. The van der Waals surface area contributed by atoms with E-state index in [1.165, 1.54) is 0 Å². The van der Waals surface area contributed by atoms with Gasteiger partial charge in [0.25, 0.3) is 5.95 Å². The summed E-state index contributed by atoms with van der Waals surface area (Å²) in [6.45, 7) is 3.10. The second-order valence-electron chi connectivity index (χ2n) is 6.91. The molecule has 5 heteroatoms. The van der Waals surface area contributed by atoms with Gasteiger partial charge in [0, 0.05) is 24.6 Å². The van der Waals surface area contributed by atoms with Crippen molar-refractivity contribution in [1.29, 1.82) is 0 Å². The summed E-state index contributed by atoms with van der Waals surface area (Å²) in [5.74, 6) is 2.37. The first-order chi connectivity index (χ1) is 12.3. The molecule has 1 aromatic carbocycles. The van der Waals surface area contributed by atoms with Crippen molar-refractivity contribution in [3.05, 3.63) is 48.2 Å². The van der Waals surface area contributed by atoms with Gasteiger partial charge in [0.15, 0.2) is 0 Å². The Bertz CT molecular complexity index is 671. The lowest BCUT2D eigenvalue weighted by atomic mass is 9.89. The number of aliphatic hydroxyl groups is 1. The number of para-hydroxylation sites is 1. The van der Waals surface area contributed by atoms with Gasteiger partial charge in [-0.2, -0.15) is 0 Å². The minimum atomic E-state index is -0.257. The molecule has 0 amide bonds. The van der Waals surface area contributed by atoms with Gasteiger partial charge in [-0.3, -0.25) is 4.90 Å². The number of hydrogen-bond donors (Lipinski definition) is 1. The van der Waals surface area contributed by atoms with Crippen molar-refractivity contribution in [2.75, 3.05) is 19.8 Å². The first kappa shape index (κ1) is 16.6. The molecule has 3 heterocycles. The molecular weight excluding hydrogens is 318 g/mol. The van der Waals surface area contributed by atoms with Gasteiger partial charge in [0.2, 0.25) is 0 Å². The van der Waals surface area contributed by atoms with Crippen LogP contribution in [0.3, 0.4) is 0 Å². The van der Waals surface area contributed by atoms with Crippen molar-refractivity contribution in [2.24, 2.45) is 5.92 Å². The zero-order chi connectivity index (χ0) is 17.1. The maximum absolute atomic E-state index is 10.3. The van der Waals surface area contributed by atoms with Crippen LogP contribution in [0.5, 0.6) is 11.7 Å². The molecule has 4 rings (SSSR count). The second kappa shape index (κ2) is 7.60. The average Bonchev–Trinajstić information content (AvgIpc) is 3.26. The van der Waals surface area contributed by atoms with E-state index in [0.29, 0.717) is 25.2 Å². The number of furan rings is 1. The van der Waals surface area contributed by atoms with Crippen LogP contribution in [-0.2, 0) is 11.3 Å². The Hall–Kier alpha value is -1.82. The van der Waals surface area contributed by atoms with Crippen LogP contribution in [0, 0.1) is 5.92 Å². The van der Waals surface area contributed by atoms with Gasteiger partial charge < -0.3 is 19.0 Å². The van der Waals surface area contributed by atoms with Crippen molar-refractivity contribution in [1.82, 2.24) is 4.90 Å². The van der Waals surface area contributed by atoms with Crippen LogP contribution in [-0.4, -0.2) is 41.9 Å². The molecule has 134 valence electrons. The average molecular weight is 343 g/mol. The highest BCUT2D eigenvalue weighted by atomic mass is 16.6. The molecule has 0 spiro atoms. The van der Waals surface area contributed by atoms with Crippen LogP contribution in [0.25, 0.3) is 0 Å². The van der Waals surface area contributed by atoms with Gasteiger partial charge in [-0.1, -0.05) is 18.2 Å². The van der Waals surface area contributed by atoms with Gasteiger partial charge in [-0.05, 0) is 44.0 Å². The molecule has 1 N–H and O–H groups in total. The minimum Gasteiger partial charge on any atom is -0.429 e. The van der Waals surface area contributed by atoms with E-state index in [1.54, 1.807) is 0 Å². The highest BCUT2D eigenvalue weighted by molar-refractivity contribution is 5.26. The molecular formula is C20H25NO4. The fourth-order valence-corrected chi connectivity index (χ4v) is 3.95. The standard InChI is InChI=1S/C20H25NO4/c22-19-10-12-23-14-17(19)18-7-4-11-21(18)13-16-8-9-20(25-16)24-15-5-2-1-3-6-15/h1-3,5-6,8-9,17-19,22H,4,7,10-14H2/t17-,18+,19+/m0/s1. The normalized spacial score (nSPS) is 27.5. The highest BCUT2D eigenvalue weighted by Gasteiger charge is 2.37. The molecule has 0 saturated carbocycles. The van der Waals surface area contributed by atoms with E-state index >= 15 is 0 Å². The smallest absolute Gasteiger partial charge is 0.290 e. The molecule has 0 bridgehead atoms. The molecule has 0 unspecified atom stereocenters. The molecule has 0 aliphatic carbocycles. The maximum atomic E-state index is 10.3. The van der Waals surface area contributed by atoms with Crippen molar-refractivity contribution in [2.45, 2.75) is 38.0 Å². The zero-order valence-electron chi connectivity index (χ0n) is 14.3. The summed E-state index contributed by atoms with van der Waals surface area (Å²) in [6.07, 6.45) is 2.75. The summed E-state index contributed by atoms with van der Waals surface area (Å²) in [7, 11) is 0. The van der Waals surface area contributed by atoms with Crippen molar-refractivity contribution >= 4 is 0 Å². The van der Waals surface area contributed by atoms with Gasteiger partial charge in [-0.15, -0.1) is 0 Å². The Morgan fingerprint density at radius 3 is 2.84 bits per heavy atom. The number of benzene rings is 1. The molecule has 25 heavy (non-hydrogen) atoms. The first-order valence-corrected chi connectivity index (χ1v) is 9.11. The predicted molar refractivity (Wildman–Crippen MR) is 93.6 cm³/mol. The van der Waals surface area contributed by atoms with E-state index in [0.717, 1.165) is 43.9 Å². The summed E-state index contributed by atoms with van der Waals surface area (Å²) < 4.78 is 17.2. The summed E-state index contributed by atoms with van der Waals surface area (Å²) in [6, 6.07) is 13.8. The van der Waals surface area contributed by atoms with Gasteiger partial charge in [0.05, 0.1) is 19.3 Å². The van der Waals surface area contributed by atoms with E-state index in [2.05, 4.69) is 4.90 Å². The lowest BCUT2D eigenvalue weighted by molar-refractivity contribution is -0.0642. The van der Waals surface area contributed by atoms with Crippen LogP contribution < -0.4 is 4.74 Å². The van der Waals surface area contributed by atoms with Crippen LogP contribution in [0.4, 0.5) is 0 Å². The Morgan fingerprint density at radius 1 is 1.12 bits per heavy atom. The van der Waals surface area contributed by atoms with E-state index in [9.17, 15) is 5.11 Å². The first-order valence-electron chi connectivity index (χ1n) is 9.11. The van der Waals surface area contributed by atoms with Gasteiger partial charge in [-0.25, -0.2) is 0 Å². The van der Waals surface area contributed by atoms with Crippen LogP contribution in [0.15, 0.2) is 46.9 Å². The molecule has 2 saturated heterocycles. The fraction of sp³-hybridized carbons (Fsp3) is 0.500. The number of hydrogen-bond acceptors (Lipinski definition) is 5. The molecule has 3 atom stereocenters. The van der Waals surface area contributed by atoms with Gasteiger partial charge in [0.1, 0.15) is 11.5 Å². The van der Waals surface area contributed by atoms with E-state index in [1.807, 2.05) is 42.5 Å². The van der Waals surface area contributed by atoms with Crippen LogP contribution in [0.2, 0.25) is 0 Å². The molecule has 2 aliphatic rings. The SMILES string of the molecule is O[C@@H]1CCOC[C@H]1[C@H]1CCCN1Cc1ccc(Oc2ccccc2)o1. The highest BCUT2D eigenvalue weighted by Crippen LogP contribution is 2.32. The Kier molecular flexibility index (Phi) is 5.06. The quantitative estimate of drug-likeness (QED) is 0.901. The number of rotatable bonds is 5. The third-order valence-electron chi connectivity index (χ3n) is 5.23. The van der Waals surface area contributed by atoms with Crippen molar-refractivity contribution in [3.8, 4) is 11.7 Å². The number of aliphatic hydroxyl groups excluding tert-OH is 1. The van der Waals surface area contributed by atoms with Gasteiger partial charge >= 0.3 is 0 Å². The molecule has 2 aromatic rings. The molecule has 0 radical (unpaired) electrons. The fourth-order valence-electron chi connectivity index (χ4n) is 3.95. The largest absolute Gasteiger partial charge is 0.429 e. The maximum Gasteiger partial charge on any atom is 0.290 e.